The van der Waals surface area contributed by atoms with Gasteiger partial charge < -0.3 is 10.1 Å². The Bertz CT molecular complexity index is 537. The van der Waals surface area contributed by atoms with Crippen LogP contribution in [0, 0.1) is 5.92 Å². The lowest BCUT2D eigenvalue weighted by Gasteiger charge is -2.27. The van der Waals surface area contributed by atoms with Gasteiger partial charge >= 0.3 is 5.97 Å². The second-order valence-corrected chi connectivity index (χ2v) is 6.23. The number of aromatic nitrogens is 2. The van der Waals surface area contributed by atoms with E-state index in [0.717, 1.165) is 48.8 Å². The van der Waals surface area contributed by atoms with Gasteiger partial charge in [0.05, 0.1) is 12.8 Å². The van der Waals surface area contributed by atoms with E-state index in [4.69, 9.17) is 9.72 Å². The topological polar surface area (TPSA) is 64.1 Å². The maximum absolute atomic E-state index is 12.0. The van der Waals surface area contributed by atoms with Crippen molar-refractivity contribution in [2.24, 2.45) is 5.92 Å². The third-order valence-corrected chi connectivity index (χ3v) is 4.71. The first kappa shape index (κ1) is 14.4. The summed E-state index contributed by atoms with van der Waals surface area (Å²) in [5.74, 6) is 1.69. The fourth-order valence-electron chi connectivity index (χ4n) is 3.33. The summed E-state index contributed by atoms with van der Waals surface area (Å²) in [5.41, 5.74) is 2.40. The van der Waals surface area contributed by atoms with Gasteiger partial charge in [0, 0.05) is 31.0 Å². The molecule has 0 atom stereocenters. The minimum Gasteiger partial charge on any atom is -0.464 e. The van der Waals surface area contributed by atoms with Crippen molar-refractivity contribution in [1.82, 2.24) is 15.3 Å². The second kappa shape index (κ2) is 6.10. The maximum Gasteiger partial charge on any atom is 0.357 e. The summed E-state index contributed by atoms with van der Waals surface area (Å²) in [6.45, 7) is 3.86. The lowest BCUT2D eigenvalue weighted by Crippen LogP contribution is -2.29. The van der Waals surface area contributed by atoms with E-state index in [9.17, 15) is 4.79 Å². The maximum atomic E-state index is 12.0. The number of fused-ring (bicyclic) bond motifs is 1. The van der Waals surface area contributed by atoms with E-state index in [1.54, 1.807) is 0 Å². The van der Waals surface area contributed by atoms with Crippen LogP contribution in [0.25, 0.3) is 0 Å². The van der Waals surface area contributed by atoms with Crippen molar-refractivity contribution >= 4 is 5.97 Å². The van der Waals surface area contributed by atoms with Crippen LogP contribution in [-0.2, 0) is 17.7 Å². The zero-order valence-electron chi connectivity index (χ0n) is 12.8. The Kier molecular flexibility index (Phi) is 4.19. The standard InChI is InChI=1S/C16H23N3O2/c1-10-3-5-11(6-4-10)15-18-13-7-8-17-9-12(13)14(19-15)16(20)21-2/h10-11,17H,3-9H2,1-2H3. The van der Waals surface area contributed by atoms with Gasteiger partial charge in [-0.2, -0.15) is 0 Å². The number of carbonyl (C=O) groups excluding carboxylic acids is 1. The molecule has 1 saturated carbocycles. The molecule has 0 unspecified atom stereocenters. The molecule has 0 aromatic carbocycles. The van der Waals surface area contributed by atoms with E-state index in [0.29, 0.717) is 18.2 Å². The number of nitrogens with one attached hydrogen (secondary N) is 1. The zero-order valence-corrected chi connectivity index (χ0v) is 12.8. The average molecular weight is 289 g/mol. The molecule has 21 heavy (non-hydrogen) atoms. The van der Waals surface area contributed by atoms with E-state index in [1.807, 2.05) is 0 Å². The van der Waals surface area contributed by atoms with Gasteiger partial charge in [-0.05, 0) is 18.8 Å². The van der Waals surface area contributed by atoms with Gasteiger partial charge in [0.25, 0.3) is 0 Å². The first-order chi connectivity index (χ1) is 10.2. The Morgan fingerprint density at radius 3 is 2.71 bits per heavy atom. The van der Waals surface area contributed by atoms with Crippen molar-refractivity contribution in [3.8, 4) is 0 Å². The Hall–Kier alpha value is -1.49. The van der Waals surface area contributed by atoms with Crippen LogP contribution in [0.3, 0.4) is 0 Å². The molecule has 0 saturated heterocycles. The third kappa shape index (κ3) is 2.93. The van der Waals surface area contributed by atoms with Crippen molar-refractivity contribution in [3.05, 3.63) is 22.8 Å². The Morgan fingerprint density at radius 2 is 2.00 bits per heavy atom. The predicted molar refractivity (Wildman–Crippen MR) is 79.2 cm³/mol. The first-order valence-electron chi connectivity index (χ1n) is 7.87. The van der Waals surface area contributed by atoms with Gasteiger partial charge in [0.2, 0.25) is 0 Å². The molecule has 0 spiro atoms. The van der Waals surface area contributed by atoms with E-state index in [1.165, 1.54) is 20.0 Å². The van der Waals surface area contributed by atoms with Gasteiger partial charge in [-0.1, -0.05) is 19.8 Å². The van der Waals surface area contributed by atoms with Gasteiger partial charge in [-0.3, -0.25) is 0 Å². The largest absolute Gasteiger partial charge is 0.464 e. The summed E-state index contributed by atoms with van der Waals surface area (Å²) in [6.07, 6.45) is 5.55. The highest BCUT2D eigenvalue weighted by molar-refractivity contribution is 5.89. The minimum atomic E-state index is -0.345. The highest BCUT2D eigenvalue weighted by Crippen LogP contribution is 2.34. The fraction of sp³-hybridized carbons (Fsp3) is 0.688. The first-order valence-corrected chi connectivity index (χ1v) is 7.87. The summed E-state index contributed by atoms with van der Waals surface area (Å²) in [7, 11) is 1.41. The Labute approximate surface area is 125 Å². The van der Waals surface area contributed by atoms with Gasteiger partial charge in [-0.15, -0.1) is 0 Å². The number of nitrogens with zero attached hydrogens (tertiary/aromatic N) is 2. The molecule has 1 aromatic rings. The van der Waals surface area contributed by atoms with E-state index >= 15 is 0 Å². The SMILES string of the molecule is COC(=O)c1nc(C2CCC(C)CC2)nc2c1CNCC2. The number of methoxy groups -OCH3 is 1. The molecule has 114 valence electrons. The molecule has 1 aromatic heterocycles. The van der Waals surface area contributed by atoms with Crippen molar-refractivity contribution in [1.29, 1.82) is 0 Å². The highest BCUT2D eigenvalue weighted by atomic mass is 16.5. The fourth-order valence-corrected chi connectivity index (χ4v) is 3.33. The summed E-state index contributed by atoms with van der Waals surface area (Å²) in [5, 5.41) is 3.28. The number of hydrogen-bond donors (Lipinski definition) is 1. The van der Waals surface area contributed by atoms with Gasteiger partial charge in [-0.25, -0.2) is 14.8 Å². The normalized spacial score (nSPS) is 25.2. The summed E-state index contributed by atoms with van der Waals surface area (Å²) < 4.78 is 4.90. The van der Waals surface area contributed by atoms with Crippen molar-refractivity contribution in [2.45, 2.75) is 51.5 Å². The predicted octanol–water partition coefficient (Wildman–Crippen LogP) is 2.20. The molecular weight excluding hydrogens is 266 g/mol. The molecule has 2 heterocycles. The summed E-state index contributed by atoms with van der Waals surface area (Å²) >= 11 is 0. The number of esters is 1. The lowest BCUT2D eigenvalue weighted by molar-refractivity contribution is 0.0591. The molecule has 3 rings (SSSR count). The van der Waals surface area contributed by atoms with Crippen LogP contribution < -0.4 is 5.32 Å². The molecule has 0 amide bonds. The molecule has 2 aliphatic rings. The molecule has 0 bridgehead atoms. The number of hydrogen-bond acceptors (Lipinski definition) is 5. The molecule has 0 radical (unpaired) electrons. The van der Waals surface area contributed by atoms with Crippen molar-refractivity contribution in [3.63, 3.8) is 0 Å². The van der Waals surface area contributed by atoms with Gasteiger partial charge in [0.1, 0.15) is 5.82 Å². The molecule has 5 heteroatoms. The van der Waals surface area contributed by atoms with Crippen molar-refractivity contribution < 1.29 is 9.53 Å². The minimum absolute atomic E-state index is 0.345. The molecule has 1 aliphatic carbocycles. The number of rotatable bonds is 2. The highest BCUT2D eigenvalue weighted by Gasteiger charge is 2.27. The molecule has 1 N–H and O–H groups in total. The van der Waals surface area contributed by atoms with Crippen LogP contribution in [0.4, 0.5) is 0 Å². The summed E-state index contributed by atoms with van der Waals surface area (Å²) in [6, 6.07) is 0. The number of ether oxygens (including phenoxy) is 1. The lowest BCUT2D eigenvalue weighted by atomic mass is 9.82. The van der Waals surface area contributed by atoms with E-state index < -0.39 is 0 Å². The second-order valence-electron chi connectivity index (χ2n) is 6.23. The van der Waals surface area contributed by atoms with Crippen LogP contribution in [0.5, 0.6) is 0 Å². The molecular formula is C16H23N3O2. The van der Waals surface area contributed by atoms with Crippen molar-refractivity contribution in [2.75, 3.05) is 13.7 Å². The number of carbonyl (C=O) groups is 1. The quantitative estimate of drug-likeness (QED) is 0.846. The third-order valence-electron chi connectivity index (χ3n) is 4.71. The van der Waals surface area contributed by atoms with Crippen LogP contribution >= 0.6 is 0 Å². The Balaban J connectivity index is 1.96. The van der Waals surface area contributed by atoms with Crippen LogP contribution in [0.15, 0.2) is 0 Å². The monoisotopic (exact) mass is 289 g/mol. The summed E-state index contributed by atoms with van der Waals surface area (Å²) in [4.78, 5) is 21.4. The zero-order chi connectivity index (χ0) is 14.8. The van der Waals surface area contributed by atoms with E-state index in [2.05, 4.69) is 17.2 Å². The molecule has 1 fully saturated rings. The van der Waals surface area contributed by atoms with Gasteiger partial charge in [0.15, 0.2) is 5.69 Å². The van der Waals surface area contributed by atoms with E-state index in [-0.39, 0.29) is 5.97 Å². The smallest absolute Gasteiger partial charge is 0.357 e. The molecule has 1 aliphatic heterocycles. The Morgan fingerprint density at radius 1 is 1.24 bits per heavy atom. The molecule has 5 nitrogen and oxygen atoms in total. The van der Waals surface area contributed by atoms with Crippen LogP contribution in [0.2, 0.25) is 0 Å². The average Bonchev–Trinajstić information content (AvgIpc) is 2.53. The van der Waals surface area contributed by atoms with Crippen LogP contribution in [0.1, 0.15) is 66.1 Å². The van der Waals surface area contributed by atoms with Crippen LogP contribution in [-0.4, -0.2) is 29.6 Å².